The molecule has 8 heteroatoms. The number of rotatable bonds is 8. The molecule has 0 unspecified atom stereocenters. The molecule has 0 bridgehead atoms. The molecule has 2 heterocycles. The highest BCUT2D eigenvalue weighted by molar-refractivity contribution is 6.08. The van der Waals surface area contributed by atoms with Crippen LogP contribution in [0, 0.1) is 0 Å². The molecule has 4 rings (SSSR count). The van der Waals surface area contributed by atoms with Gasteiger partial charge >= 0.3 is 5.97 Å². The van der Waals surface area contributed by atoms with Crippen LogP contribution in [0.3, 0.4) is 0 Å². The van der Waals surface area contributed by atoms with Crippen LogP contribution in [0.25, 0.3) is 21.9 Å². The Morgan fingerprint density at radius 1 is 1.12 bits per heavy atom. The molecule has 2 aromatic heterocycles. The molecule has 0 fully saturated rings. The van der Waals surface area contributed by atoms with Crippen LogP contribution < -0.4 is 11.1 Å². The topological polar surface area (TPSA) is 115 Å². The number of aromatic nitrogens is 3. The predicted octanol–water partition coefficient (Wildman–Crippen LogP) is 4.05. The van der Waals surface area contributed by atoms with Crippen molar-refractivity contribution in [2.45, 2.75) is 33.4 Å². The van der Waals surface area contributed by atoms with Crippen molar-refractivity contribution in [3.05, 3.63) is 65.0 Å². The number of methoxy groups -OCH3 is 1. The number of benzene rings is 2. The lowest BCUT2D eigenvalue weighted by Gasteiger charge is -2.12. The summed E-state index contributed by atoms with van der Waals surface area (Å²) in [6, 6.07) is 13.2. The summed E-state index contributed by atoms with van der Waals surface area (Å²) in [7, 11) is 3.45. The Labute approximate surface area is 193 Å². The molecular formula is C25H31N5O3. The first-order valence-electron chi connectivity index (χ1n) is 11.1. The van der Waals surface area contributed by atoms with Crippen molar-refractivity contribution in [1.82, 2.24) is 14.5 Å². The number of ether oxygens (including phenoxy) is 1. The molecule has 0 aliphatic rings. The van der Waals surface area contributed by atoms with E-state index < -0.39 is 5.97 Å². The number of nitrogens with one attached hydrogen (secondary N) is 1. The summed E-state index contributed by atoms with van der Waals surface area (Å²) < 4.78 is 7.46. The molecular weight excluding hydrogens is 418 g/mol. The van der Waals surface area contributed by atoms with Crippen molar-refractivity contribution >= 4 is 33.7 Å². The molecule has 8 nitrogen and oxygen atoms in total. The van der Waals surface area contributed by atoms with Gasteiger partial charge in [-0.25, -0.2) is 14.8 Å². The zero-order valence-corrected chi connectivity index (χ0v) is 19.6. The Morgan fingerprint density at radius 3 is 2.42 bits per heavy atom. The van der Waals surface area contributed by atoms with Gasteiger partial charge in [-0.3, -0.25) is 0 Å². The predicted molar refractivity (Wildman–Crippen MR) is 132 cm³/mol. The second kappa shape index (κ2) is 10.9. The van der Waals surface area contributed by atoms with Gasteiger partial charge in [-0.05, 0) is 29.3 Å². The lowest BCUT2D eigenvalue weighted by atomic mass is 10.1. The third-order valence-electron chi connectivity index (χ3n) is 5.37. The van der Waals surface area contributed by atoms with Crippen molar-refractivity contribution in [2.24, 2.45) is 5.73 Å². The van der Waals surface area contributed by atoms with Crippen LogP contribution >= 0.6 is 0 Å². The number of fused-ring (bicyclic) bond motifs is 3. The highest BCUT2D eigenvalue weighted by atomic mass is 16.5. The van der Waals surface area contributed by atoms with Gasteiger partial charge < -0.3 is 25.5 Å². The first-order valence-corrected chi connectivity index (χ1v) is 11.1. The molecule has 0 amide bonds. The van der Waals surface area contributed by atoms with Gasteiger partial charge in [0.05, 0.1) is 23.2 Å². The highest BCUT2D eigenvalue weighted by Crippen LogP contribution is 2.31. The average Bonchev–Trinajstić information content (AvgIpc) is 3.21. The van der Waals surface area contributed by atoms with Gasteiger partial charge in [-0.15, -0.1) is 0 Å². The lowest BCUT2D eigenvalue weighted by Crippen LogP contribution is -2.08. The van der Waals surface area contributed by atoms with E-state index in [0.29, 0.717) is 37.5 Å². The van der Waals surface area contributed by atoms with Crippen LogP contribution in [0.5, 0.6) is 0 Å². The maximum atomic E-state index is 11.5. The van der Waals surface area contributed by atoms with E-state index in [-0.39, 0.29) is 5.56 Å². The summed E-state index contributed by atoms with van der Waals surface area (Å²) in [4.78, 5) is 21.0. The number of pyridine rings is 1. The lowest BCUT2D eigenvalue weighted by molar-refractivity contribution is 0.0697. The highest BCUT2D eigenvalue weighted by Gasteiger charge is 2.19. The molecule has 0 aliphatic heterocycles. The second-order valence-electron chi connectivity index (χ2n) is 7.32. The van der Waals surface area contributed by atoms with Crippen LogP contribution in [-0.2, 0) is 24.2 Å². The molecule has 2 aromatic carbocycles. The Kier molecular flexibility index (Phi) is 7.97. The molecule has 0 spiro atoms. The summed E-state index contributed by atoms with van der Waals surface area (Å²) >= 11 is 0. The summed E-state index contributed by atoms with van der Waals surface area (Å²) in [6.07, 6.45) is 0.643. The maximum Gasteiger partial charge on any atom is 0.335 e. The van der Waals surface area contributed by atoms with Crippen molar-refractivity contribution < 1.29 is 14.6 Å². The summed E-state index contributed by atoms with van der Waals surface area (Å²) in [5.41, 5.74) is 10.4. The number of anilines is 1. The quantitative estimate of drug-likeness (QED) is 0.372. The van der Waals surface area contributed by atoms with E-state index >= 15 is 0 Å². The minimum atomic E-state index is -0.982. The van der Waals surface area contributed by atoms with E-state index in [1.54, 1.807) is 26.3 Å². The molecule has 4 aromatic rings. The van der Waals surface area contributed by atoms with Gasteiger partial charge in [0.1, 0.15) is 11.3 Å². The first kappa shape index (κ1) is 24.2. The van der Waals surface area contributed by atoms with E-state index in [1.165, 1.54) is 0 Å². The molecule has 33 heavy (non-hydrogen) atoms. The number of imidazole rings is 1. The number of nitrogens with zero attached hydrogens (tertiary/aromatic N) is 3. The third kappa shape index (κ3) is 4.97. The largest absolute Gasteiger partial charge is 0.478 e. The molecule has 0 atom stereocenters. The van der Waals surface area contributed by atoms with Crippen LogP contribution in [-0.4, -0.2) is 46.4 Å². The average molecular weight is 450 g/mol. The molecule has 0 saturated heterocycles. The fourth-order valence-electron chi connectivity index (χ4n) is 3.76. The van der Waals surface area contributed by atoms with Gasteiger partial charge in [-0.1, -0.05) is 38.1 Å². The summed E-state index contributed by atoms with van der Waals surface area (Å²) in [6.45, 7) is 5.66. The van der Waals surface area contributed by atoms with Gasteiger partial charge in [0.15, 0.2) is 5.82 Å². The standard InChI is InChI=1S/C23H25N5O3.C2H6/c1-25-22-20-21(17-8-7-16(23(29)30)11-18(17)26-22)28(19(27-20)9-10-31-2)13-15-5-3-14(12-24)4-6-15;1-2/h3-8,11H,9-10,12-13,24H2,1-2H3,(H,25,26)(H,29,30);1-2H3. The van der Waals surface area contributed by atoms with Gasteiger partial charge in [0, 0.05) is 39.1 Å². The van der Waals surface area contributed by atoms with Crippen LogP contribution in [0.15, 0.2) is 42.5 Å². The van der Waals surface area contributed by atoms with Crippen molar-refractivity contribution in [3.63, 3.8) is 0 Å². The Balaban J connectivity index is 0.00000149. The third-order valence-corrected chi connectivity index (χ3v) is 5.37. The smallest absolute Gasteiger partial charge is 0.335 e. The number of carboxylic acids is 1. The Hall–Kier alpha value is -3.49. The van der Waals surface area contributed by atoms with E-state index in [0.717, 1.165) is 33.4 Å². The van der Waals surface area contributed by atoms with Crippen LogP contribution in [0.4, 0.5) is 5.82 Å². The summed E-state index contributed by atoms with van der Waals surface area (Å²) in [5, 5.41) is 13.4. The molecule has 174 valence electrons. The van der Waals surface area contributed by atoms with Crippen molar-refractivity contribution in [2.75, 3.05) is 26.1 Å². The molecule has 0 radical (unpaired) electrons. The van der Waals surface area contributed by atoms with Crippen molar-refractivity contribution in [3.8, 4) is 0 Å². The SMILES string of the molecule is CC.CNc1nc2cc(C(=O)O)ccc2c2c1nc(CCOC)n2Cc1ccc(CN)cc1. The van der Waals surface area contributed by atoms with Gasteiger partial charge in [-0.2, -0.15) is 0 Å². The molecule has 0 aliphatic carbocycles. The molecule has 4 N–H and O–H groups in total. The fraction of sp³-hybridized carbons (Fsp3) is 0.320. The van der Waals surface area contributed by atoms with E-state index in [2.05, 4.69) is 27.0 Å². The zero-order chi connectivity index (χ0) is 24.0. The first-order chi connectivity index (χ1) is 16.0. The summed E-state index contributed by atoms with van der Waals surface area (Å²) in [5.74, 6) is 0.512. The van der Waals surface area contributed by atoms with E-state index in [4.69, 9.17) is 15.5 Å². The number of aromatic carboxylic acids is 1. The number of hydrogen-bond donors (Lipinski definition) is 3. The number of carboxylic acid groups (broad SMARTS) is 1. The van der Waals surface area contributed by atoms with Gasteiger partial charge in [0.2, 0.25) is 0 Å². The van der Waals surface area contributed by atoms with Crippen molar-refractivity contribution in [1.29, 1.82) is 0 Å². The normalized spacial score (nSPS) is 10.8. The van der Waals surface area contributed by atoms with Gasteiger partial charge in [0.25, 0.3) is 0 Å². The number of carbonyl (C=O) groups is 1. The molecule has 0 saturated carbocycles. The number of nitrogens with two attached hydrogens (primary N) is 1. The second-order valence-corrected chi connectivity index (χ2v) is 7.32. The monoisotopic (exact) mass is 449 g/mol. The minimum Gasteiger partial charge on any atom is -0.478 e. The van der Waals surface area contributed by atoms with Crippen LogP contribution in [0.2, 0.25) is 0 Å². The fourth-order valence-corrected chi connectivity index (χ4v) is 3.76. The minimum absolute atomic E-state index is 0.199. The zero-order valence-electron chi connectivity index (χ0n) is 19.6. The maximum absolute atomic E-state index is 11.5. The number of hydrogen-bond acceptors (Lipinski definition) is 6. The Morgan fingerprint density at radius 2 is 1.82 bits per heavy atom. The van der Waals surface area contributed by atoms with E-state index in [9.17, 15) is 9.90 Å². The Bertz CT molecular complexity index is 1250. The van der Waals surface area contributed by atoms with Crippen LogP contribution in [0.1, 0.15) is 41.2 Å². The van der Waals surface area contributed by atoms with E-state index in [1.807, 2.05) is 32.0 Å².